The lowest BCUT2D eigenvalue weighted by molar-refractivity contribution is -0.193. The molecular weight excluding hydrogens is 382 g/mol. The molecule has 2 unspecified atom stereocenters. The van der Waals surface area contributed by atoms with E-state index in [2.05, 4.69) is 0 Å². The number of rotatable bonds is 7. The molecule has 0 heterocycles. The molecule has 3 aromatic rings. The number of aliphatic carboxylic acids is 1. The zero-order valence-electron chi connectivity index (χ0n) is 17.0. The molecule has 3 rings (SSSR count). The van der Waals surface area contributed by atoms with Gasteiger partial charge in [0.05, 0.1) is 12.6 Å². The third kappa shape index (κ3) is 5.65. The highest BCUT2D eigenvalue weighted by Gasteiger charge is 2.26. The van der Waals surface area contributed by atoms with E-state index in [9.17, 15) is 9.59 Å². The summed E-state index contributed by atoms with van der Waals surface area (Å²) in [7, 11) is 0. The van der Waals surface area contributed by atoms with Crippen LogP contribution in [0.1, 0.15) is 22.3 Å². The molecule has 6 nitrogen and oxygen atoms in total. The van der Waals surface area contributed by atoms with Crippen LogP contribution in [0, 0.1) is 13.8 Å². The number of aryl methyl sites for hydroxylation is 2. The first-order valence-electron chi connectivity index (χ1n) is 9.68. The largest absolute Gasteiger partial charge is 0.473 e. The number of benzene rings is 3. The standard InChI is InChI=1S/C24H25NO5/c1-15-9-16(2)11-18(10-15)14-29-24(30-23(28)22(26)27)21(25)13-17-7-8-19-5-3-4-6-20(19)12-17/h3-12,21,24H,13-14,25H2,1-2H3,(H,26,27). The van der Waals surface area contributed by atoms with Gasteiger partial charge in [-0.15, -0.1) is 0 Å². The van der Waals surface area contributed by atoms with Gasteiger partial charge in [-0.2, -0.15) is 0 Å². The Bertz CT molecular complexity index is 1040. The number of esters is 1. The van der Waals surface area contributed by atoms with E-state index >= 15 is 0 Å². The van der Waals surface area contributed by atoms with Crippen molar-refractivity contribution in [3.8, 4) is 0 Å². The highest BCUT2D eigenvalue weighted by Crippen LogP contribution is 2.18. The molecule has 0 fully saturated rings. The number of carbonyl (C=O) groups is 2. The van der Waals surface area contributed by atoms with E-state index < -0.39 is 24.3 Å². The Hall–Kier alpha value is -3.22. The van der Waals surface area contributed by atoms with E-state index in [0.717, 1.165) is 33.0 Å². The van der Waals surface area contributed by atoms with Crippen molar-refractivity contribution in [3.63, 3.8) is 0 Å². The summed E-state index contributed by atoms with van der Waals surface area (Å²) in [6, 6.07) is 19.1. The fourth-order valence-electron chi connectivity index (χ4n) is 3.47. The first-order valence-corrected chi connectivity index (χ1v) is 9.68. The lowest BCUT2D eigenvalue weighted by atomic mass is 10.0. The molecule has 0 aromatic heterocycles. The van der Waals surface area contributed by atoms with Crippen LogP contribution >= 0.6 is 0 Å². The Morgan fingerprint density at radius 3 is 2.27 bits per heavy atom. The molecule has 0 aliphatic heterocycles. The fraction of sp³-hybridized carbons (Fsp3) is 0.250. The van der Waals surface area contributed by atoms with Crippen molar-refractivity contribution in [1.82, 2.24) is 0 Å². The Balaban J connectivity index is 1.75. The summed E-state index contributed by atoms with van der Waals surface area (Å²) < 4.78 is 10.8. The van der Waals surface area contributed by atoms with Crippen LogP contribution in [-0.4, -0.2) is 29.4 Å². The van der Waals surface area contributed by atoms with Crippen molar-refractivity contribution in [2.45, 2.75) is 39.2 Å². The Labute approximate surface area is 175 Å². The second-order valence-corrected chi connectivity index (χ2v) is 7.44. The maximum Gasteiger partial charge on any atom is 0.419 e. The van der Waals surface area contributed by atoms with Crippen molar-refractivity contribution in [1.29, 1.82) is 0 Å². The molecule has 6 heteroatoms. The van der Waals surface area contributed by atoms with Gasteiger partial charge in [0.2, 0.25) is 6.29 Å². The number of hydrogen-bond donors (Lipinski definition) is 2. The number of carboxylic acid groups (broad SMARTS) is 1. The van der Waals surface area contributed by atoms with Gasteiger partial charge in [0.1, 0.15) is 0 Å². The van der Waals surface area contributed by atoms with Crippen molar-refractivity contribution < 1.29 is 24.2 Å². The molecule has 0 amide bonds. The van der Waals surface area contributed by atoms with E-state index in [1.54, 1.807) is 0 Å². The summed E-state index contributed by atoms with van der Waals surface area (Å²) in [4.78, 5) is 22.6. The Kier molecular flexibility index (Phi) is 6.82. The van der Waals surface area contributed by atoms with E-state index in [1.807, 2.05) is 74.5 Å². The summed E-state index contributed by atoms with van der Waals surface area (Å²) in [5.74, 6) is -3.08. The van der Waals surface area contributed by atoms with Crippen LogP contribution in [0.25, 0.3) is 10.8 Å². The number of ether oxygens (including phenoxy) is 2. The molecule has 3 N–H and O–H groups in total. The third-order valence-corrected chi connectivity index (χ3v) is 4.73. The number of nitrogens with two attached hydrogens (primary N) is 1. The fourth-order valence-corrected chi connectivity index (χ4v) is 3.47. The molecule has 0 aliphatic rings. The predicted octanol–water partition coefficient (Wildman–Crippen LogP) is 3.50. The first-order chi connectivity index (χ1) is 14.3. The number of carbonyl (C=O) groups excluding carboxylic acids is 1. The van der Waals surface area contributed by atoms with Gasteiger partial charge >= 0.3 is 11.9 Å². The minimum absolute atomic E-state index is 0.144. The average molecular weight is 407 g/mol. The van der Waals surface area contributed by atoms with Gasteiger partial charge < -0.3 is 20.3 Å². The second-order valence-electron chi connectivity index (χ2n) is 7.44. The number of carboxylic acids is 1. The average Bonchev–Trinajstić information content (AvgIpc) is 2.70. The number of hydrogen-bond acceptors (Lipinski definition) is 5. The van der Waals surface area contributed by atoms with Gasteiger partial charge in [0.15, 0.2) is 0 Å². The van der Waals surface area contributed by atoms with Crippen LogP contribution in [0.4, 0.5) is 0 Å². The monoisotopic (exact) mass is 407 g/mol. The van der Waals surface area contributed by atoms with Crippen LogP contribution < -0.4 is 5.73 Å². The van der Waals surface area contributed by atoms with Crippen LogP contribution in [0.3, 0.4) is 0 Å². The highest BCUT2D eigenvalue weighted by atomic mass is 16.7. The maximum absolute atomic E-state index is 11.6. The molecule has 3 aromatic carbocycles. The molecule has 0 aliphatic carbocycles. The molecule has 0 bridgehead atoms. The summed E-state index contributed by atoms with van der Waals surface area (Å²) in [6.07, 6.45) is -0.837. The zero-order chi connectivity index (χ0) is 21.7. The maximum atomic E-state index is 11.6. The molecule has 2 atom stereocenters. The van der Waals surface area contributed by atoms with Crippen LogP contribution in [-0.2, 0) is 32.1 Å². The lowest BCUT2D eigenvalue weighted by Crippen LogP contribution is -2.42. The molecule has 0 saturated heterocycles. The van der Waals surface area contributed by atoms with Crippen molar-refractivity contribution >= 4 is 22.7 Å². The second kappa shape index (κ2) is 9.52. The topological polar surface area (TPSA) is 98.8 Å². The minimum atomic E-state index is -1.69. The molecule has 30 heavy (non-hydrogen) atoms. The zero-order valence-corrected chi connectivity index (χ0v) is 17.0. The van der Waals surface area contributed by atoms with Gasteiger partial charge in [-0.25, -0.2) is 9.59 Å². The molecule has 156 valence electrons. The lowest BCUT2D eigenvalue weighted by Gasteiger charge is -2.24. The van der Waals surface area contributed by atoms with Crippen LogP contribution in [0.5, 0.6) is 0 Å². The smallest absolute Gasteiger partial charge is 0.419 e. The van der Waals surface area contributed by atoms with E-state index in [-0.39, 0.29) is 6.61 Å². The quantitative estimate of drug-likeness (QED) is 0.353. The Morgan fingerprint density at radius 1 is 0.933 bits per heavy atom. The number of fused-ring (bicyclic) bond motifs is 1. The third-order valence-electron chi connectivity index (χ3n) is 4.73. The molecule has 0 saturated carbocycles. The highest BCUT2D eigenvalue weighted by molar-refractivity contribution is 6.28. The predicted molar refractivity (Wildman–Crippen MR) is 114 cm³/mol. The summed E-state index contributed by atoms with van der Waals surface area (Å²) in [5.41, 5.74) is 10.3. The van der Waals surface area contributed by atoms with Crippen molar-refractivity contribution in [2.75, 3.05) is 0 Å². The summed E-state index contributed by atoms with van der Waals surface area (Å²) in [6.45, 7) is 4.10. The van der Waals surface area contributed by atoms with Crippen LogP contribution in [0.2, 0.25) is 0 Å². The van der Waals surface area contributed by atoms with Gasteiger partial charge in [-0.1, -0.05) is 71.8 Å². The van der Waals surface area contributed by atoms with Crippen molar-refractivity contribution in [2.24, 2.45) is 5.73 Å². The Morgan fingerprint density at radius 2 is 1.60 bits per heavy atom. The van der Waals surface area contributed by atoms with Crippen molar-refractivity contribution in [3.05, 3.63) is 82.9 Å². The van der Waals surface area contributed by atoms with Gasteiger partial charge in [-0.3, -0.25) is 0 Å². The SMILES string of the molecule is Cc1cc(C)cc(COC(OC(=O)C(=O)O)C(N)Cc2ccc3ccccc3c2)c1. The van der Waals surface area contributed by atoms with Crippen LogP contribution in [0.15, 0.2) is 60.7 Å². The van der Waals surface area contributed by atoms with E-state index in [0.29, 0.717) is 6.42 Å². The van der Waals surface area contributed by atoms with Gasteiger partial charge in [0, 0.05) is 0 Å². The van der Waals surface area contributed by atoms with E-state index in [1.165, 1.54) is 0 Å². The molecular formula is C24H25NO5. The first kappa shape index (κ1) is 21.5. The normalized spacial score (nSPS) is 13.0. The summed E-state index contributed by atoms with van der Waals surface area (Å²) >= 11 is 0. The molecule has 0 radical (unpaired) electrons. The summed E-state index contributed by atoms with van der Waals surface area (Å²) in [5, 5.41) is 11.1. The van der Waals surface area contributed by atoms with Gasteiger partial charge in [-0.05, 0) is 42.2 Å². The molecule has 0 spiro atoms. The minimum Gasteiger partial charge on any atom is -0.473 e. The van der Waals surface area contributed by atoms with E-state index in [4.69, 9.17) is 20.3 Å². The van der Waals surface area contributed by atoms with Gasteiger partial charge in [0.25, 0.3) is 0 Å².